The number of nitrogens with one attached hydrogen (secondary N) is 1. The second-order valence-electron chi connectivity index (χ2n) is 7.18. The van der Waals surface area contributed by atoms with E-state index in [1.165, 1.54) is 0 Å². The molecule has 0 spiro atoms. The van der Waals surface area contributed by atoms with Crippen LogP contribution >= 0.6 is 11.6 Å². The number of benzene rings is 1. The van der Waals surface area contributed by atoms with Crippen molar-refractivity contribution >= 4 is 29.1 Å². The van der Waals surface area contributed by atoms with Crippen LogP contribution in [0, 0.1) is 6.92 Å². The van der Waals surface area contributed by atoms with E-state index in [9.17, 15) is 9.90 Å². The van der Waals surface area contributed by atoms with Gasteiger partial charge in [0.2, 0.25) is 5.95 Å². The summed E-state index contributed by atoms with van der Waals surface area (Å²) in [5.74, 6) is -0.0351. The molecule has 4 rings (SSSR count). The summed E-state index contributed by atoms with van der Waals surface area (Å²) in [6.07, 6.45) is 3.10. The number of aliphatic hydroxyl groups is 1. The molecular weight excluding hydrogens is 416 g/mol. The molecule has 0 fully saturated rings. The van der Waals surface area contributed by atoms with Crippen LogP contribution < -0.4 is 11.1 Å². The van der Waals surface area contributed by atoms with Crippen molar-refractivity contribution in [3.63, 3.8) is 0 Å². The number of pyridine rings is 2. The Hall–Kier alpha value is -3.49. The minimum absolute atomic E-state index is 0.190. The predicted molar refractivity (Wildman–Crippen MR) is 119 cm³/mol. The Morgan fingerprint density at radius 3 is 2.81 bits per heavy atom. The lowest BCUT2D eigenvalue weighted by Crippen LogP contribution is -2.26. The van der Waals surface area contributed by atoms with Crippen molar-refractivity contribution in [3.8, 4) is 11.3 Å². The third kappa shape index (κ3) is 4.65. The van der Waals surface area contributed by atoms with Crippen LogP contribution in [-0.2, 0) is 0 Å². The largest absolute Gasteiger partial charge is 0.388 e. The number of halogens is 1. The van der Waals surface area contributed by atoms with E-state index in [1.807, 2.05) is 19.1 Å². The highest BCUT2D eigenvalue weighted by molar-refractivity contribution is 6.30. The maximum Gasteiger partial charge on any atom is 0.251 e. The second-order valence-corrected chi connectivity index (χ2v) is 7.62. The van der Waals surface area contributed by atoms with E-state index < -0.39 is 6.10 Å². The first-order chi connectivity index (χ1) is 14.9. The van der Waals surface area contributed by atoms with Gasteiger partial charge in [0.25, 0.3) is 5.91 Å². The van der Waals surface area contributed by atoms with Gasteiger partial charge in [0, 0.05) is 35.1 Å². The van der Waals surface area contributed by atoms with Crippen molar-refractivity contribution in [2.75, 3.05) is 12.3 Å². The number of hydrogen-bond donors (Lipinski definition) is 3. The predicted octanol–water partition coefficient (Wildman–Crippen LogP) is 3.19. The van der Waals surface area contributed by atoms with Crippen LogP contribution in [-0.4, -0.2) is 37.1 Å². The van der Waals surface area contributed by atoms with Gasteiger partial charge >= 0.3 is 0 Å². The summed E-state index contributed by atoms with van der Waals surface area (Å²) in [6, 6.07) is 12.4. The Kier molecular flexibility index (Phi) is 5.83. The molecule has 1 aromatic carbocycles. The van der Waals surface area contributed by atoms with Gasteiger partial charge in [-0.05, 0) is 54.8 Å². The molecule has 3 aromatic heterocycles. The van der Waals surface area contributed by atoms with Gasteiger partial charge in [0.1, 0.15) is 0 Å². The highest BCUT2D eigenvalue weighted by atomic mass is 35.5. The average Bonchev–Trinajstić information content (AvgIpc) is 3.13. The number of hydrogen-bond acceptors (Lipinski definition) is 6. The van der Waals surface area contributed by atoms with E-state index in [0.29, 0.717) is 34.9 Å². The third-order valence-corrected chi connectivity index (χ3v) is 5.21. The van der Waals surface area contributed by atoms with Gasteiger partial charge in [-0.15, -0.1) is 5.10 Å². The van der Waals surface area contributed by atoms with Gasteiger partial charge in [-0.3, -0.25) is 9.78 Å². The Morgan fingerprint density at radius 1 is 1.26 bits per heavy atom. The lowest BCUT2D eigenvalue weighted by atomic mass is 10.1. The molecular formula is C22H21ClN6O2. The summed E-state index contributed by atoms with van der Waals surface area (Å²) in [4.78, 5) is 21.3. The number of nitrogens with two attached hydrogens (primary N) is 1. The molecule has 3 heterocycles. The maximum absolute atomic E-state index is 12.7. The Balaban J connectivity index is 1.45. The topological polar surface area (TPSA) is 118 Å². The van der Waals surface area contributed by atoms with Crippen LogP contribution in [0.2, 0.25) is 5.02 Å². The normalized spacial score (nSPS) is 12.1. The first-order valence-electron chi connectivity index (χ1n) is 9.71. The molecule has 0 bridgehead atoms. The van der Waals surface area contributed by atoms with Gasteiger partial charge < -0.3 is 16.2 Å². The number of rotatable bonds is 6. The summed E-state index contributed by atoms with van der Waals surface area (Å²) >= 11 is 5.87. The number of aromatic nitrogens is 4. The number of aliphatic hydroxyl groups excluding tert-OH is 1. The molecule has 0 aliphatic rings. The van der Waals surface area contributed by atoms with Gasteiger partial charge in [0.15, 0.2) is 5.65 Å². The highest BCUT2D eigenvalue weighted by Crippen LogP contribution is 2.22. The Bertz CT molecular complexity index is 1240. The summed E-state index contributed by atoms with van der Waals surface area (Å²) in [5.41, 5.74) is 9.71. The average molecular weight is 437 g/mol. The van der Waals surface area contributed by atoms with E-state index in [1.54, 1.807) is 47.2 Å². The van der Waals surface area contributed by atoms with Gasteiger partial charge in [-0.1, -0.05) is 23.7 Å². The highest BCUT2D eigenvalue weighted by Gasteiger charge is 2.14. The van der Waals surface area contributed by atoms with Gasteiger partial charge in [0.05, 0.1) is 11.8 Å². The number of anilines is 1. The van der Waals surface area contributed by atoms with Crippen molar-refractivity contribution in [1.82, 2.24) is 24.9 Å². The summed E-state index contributed by atoms with van der Waals surface area (Å²) in [5, 5.41) is 17.8. The van der Waals surface area contributed by atoms with Gasteiger partial charge in [-0.25, -0.2) is 4.52 Å². The van der Waals surface area contributed by atoms with E-state index in [4.69, 9.17) is 17.3 Å². The molecule has 158 valence electrons. The molecule has 4 aromatic rings. The van der Waals surface area contributed by atoms with Gasteiger partial charge in [-0.2, -0.15) is 4.98 Å². The summed E-state index contributed by atoms with van der Waals surface area (Å²) in [7, 11) is 0. The van der Waals surface area contributed by atoms with Crippen LogP contribution in [0.3, 0.4) is 0 Å². The smallest absolute Gasteiger partial charge is 0.251 e. The Labute approximate surface area is 183 Å². The number of nitrogen functional groups attached to an aromatic ring is 1. The van der Waals surface area contributed by atoms with Crippen LogP contribution in [0.1, 0.15) is 34.0 Å². The van der Waals surface area contributed by atoms with E-state index in [-0.39, 0.29) is 11.9 Å². The zero-order valence-electron chi connectivity index (χ0n) is 16.8. The van der Waals surface area contributed by atoms with E-state index in [0.717, 1.165) is 16.7 Å². The molecule has 0 saturated heterocycles. The number of amides is 1. The molecule has 0 aliphatic carbocycles. The number of carbonyl (C=O) groups excluding carboxylic acids is 1. The monoisotopic (exact) mass is 436 g/mol. The van der Waals surface area contributed by atoms with Crippen molar-refractivity contribution in [1.29, 1.82) is 0 Å². The molecule has 1 amide bonds. The fourth-order valence-electron chi connectivity index (χ4n) is 3.25. The summed E-state index contributed by atoms with van der Waals surface area (Å²) < 4.78 is 1.58. The van der Waals surface area contributed by atoms with Crippen LogP contribution in [0.15, 0.2) is 54.9 Å². The number of nitrogens with zero attached hydrogens (tertiary/aromatic N) is 4. The quantitative estimate of drug-likeness (QED) is 0.427. The van der Waals surface area contributed by atoms with Crippen molar-refractivity contribution < 1.29 is 9.90 Å². The standard InChI is InChI=1S/C22H21ClN6O2/c1-13-12-26-18(15-7-9-29-20(10-15)27-22(24)28-29)11-17(13)21(31)25-8-6-19(30)14-2-4-16(23)5-3-14/h2-5,7,9-12,19,30H,6,8H2,1H3,(H2,24,28)(H,25,31)/t19-/m0/s1. The maximum atomic E-state index is 12.7. The lowest BCUT2D eigenvalue weighted by molar-refractivity contribution is 0.0942. The first-order valence-corrected chi connectivity index (χ1v) is 10.1. The minimum atomic E-state index is -0.686. The van der Waals surface area contributed by atoms with Crippen LogP contribution in [0.4, 0.5) is 5.95 Å². The zero-order valence-corrected chi connectivity index (χ0v) is 17.5. The minimum Gasteiger partial charge on any atom is -0.388 e. The fraction of sp³-hybridized carbons (Fsp3) is 0.182. The SMILES string of the molecule is Cc1cnc(-c2ccn3nc(N)nc3c2)cc1C(=O)NCC[C@H](O)c1ccc(Cl)cc1. The van der Waals surface area contributed by atoms with Crippen molar-refractivity contribution in [2.45, 2.75) is 19.4 Å². The third-order valence-electron chi connectivity index (χ3n) is 4.96. The van der Waals surface area contributed by atoms with E-state index in [2.05, 4.69) is 20.4 Å². The number of fused-ring (bicyclic) bond motifs is 1. The second kappa shape index (κ2) is 8.71. The number of carbonyl (C=O) groups is 1. The molecule has 1 atom stereocenters. The molecule has 0 unspecified atom stereocenters. The van der Waals surface area contributed by atoms with E-state index >= 15 is 0 Å². The molecule has 4 N–H and O–H groups in total. The van der Waals surface area contributed by atoms with Crippen LogP contribution in [0.25, 0.3) is 16.9 Å². The fourth-order valence-corrected chi connectivity index (χ4v) is 3.38. The molecule has 8 nitrogen and oxygen atoms in total. The van der Waals surface area contributed by atoms with Crippen molar-refractivity contribution in [2.24, 2.45) is 0 Å². The molecule has 0 saturated carbocycles. The molecule has 31 heavy (non-hydrogen) atoms. The van der Waals surface area contributed by atoms with Crippen molar-refractivity contribution in [3.05, 3.63) is 76.6 Å². The molecule has 0 aliphatic heterocycles. The molecule has 0 radical (unpaired) electrons. The number of aryl methyl sites for hydroxylation is 1. The first kappa shape index (κ1) is 20.8. The molecule has 9 heteroatoms. The van der Waals surface area contributed by atoms with Crippen LogP contribution in [0.5, 0.6) is 0 Å². The summed E-state index contributed by atoms with van der Waals surface area (Å²) in [6.45, 7) is 2.15. The zero-order chi connectivity index (χ0) is 22.0. The lowest BCUT2D eigenvalue weighted by Gasteiger charge is -2.13. The Morgan fingerprint density at radius 2 is 2.03 bits per heavy atom.